The average molecular weight is 321 g/mol. The minimum atomic E-state index is 0.176. The van der Waals surface area contributed by atoms with Crippen molar-refractivity contribution in [1.29, 1.82) is 0 Å². The SMILES string of the molecule is NC(=NCC1CCc2ccccc21)NC1CCOc2ccccc21. The summed E-state index contributed by atoms with van der Waals surface area (Å²) in [6.45, 7) is 1.46. The first kappa shape index (κ1) is 15.1. The van der Waals surface area contributed by atoms with Gasteiger partial charge < -0.3 is 15.8 Å². The van der Waals surface area contributed by atoms with Crippen LogP contribution >= 0.6 is 0 Å². The number of hydrogen-bond acceptors (Lipinski definition) is 2. The van der Waals surface area contributed by atoms with Crippen LogP contribution in [0.4, 0.5) is 0 Å². The summed E-state index contributed by atoms with van der Waals surface area (Å²) in [4.78, 5) is 4.61. The predicted molar refractivity (Wildman–Crippen MR) is 96.4 cm³/mol. The Balaban J connectivity index is 1.42. The number of fused-ring (bicyclic) bond motifs is 2. The molecule has 0 fully saturated rings. The Labute approximate surface area is 142 Å². The Bertz CT molecular complexity index is 756. The minimum Gasteiger partial charge on any atom is -0.493 e. The van der Waals surface area contributed by atoms with Gasteiger partial charge in [-0.2, -0.15) is 0 Å². The highest BCUT2D eigenvalue weighted by Gasteiger charge is 2.23. The summed E-state index contributed by atoms with van der Waals surface area (Å²) >= 11 is 0. The topological polar surface area (TPSA) is 59.6 Å². The molecule has 2 atom stereocenters. The smallest absolute Gasteiger partial charge is 0.189 e. The second-order valence-electron chi connectivity index (χ2n) is 6.53. The van der Waals surface area contributed by atoms with Crippen LogP contribution in [0.2, 0.25) is 0 Å². The third kappa shape index (κ3) is 2.96. The lowest BCUT2D eigenvalue weighted by atomic mass is 10.0. The van der Waals surface area contributed by atoms with E-state index in [1.165, 1.54) is 11.1 Å². The lowest BCUT2D eigenvalue weighted by Gasteiger charge is -2.27. The number of hydrogen-bond donors (Lipinski definition) is 2. The molecule has 3 N–H and O–H groups in total. The zero-order valence-electron chi connectivity index (χ0n) is 13.7. The molecule has 2 aromatic rings. The summed E-state index contributed by atoms with van der Waals surface area (Å²) in [5.41, 5.74) is 10.2. The van der Waals surface area contributed by atoms with Crippen LogP contribution in [0, 0.1) is 0 Å². The lowest BCUT2D eigenvalue weighted by Crippen LogP contribution is -2.37. The molecule has 1 aliphatic carbocycles. The van der Waals surface area contributed by atoms with Crippen LogP contribution in [0.15, 0.2) is 53.5 Å². The molecule has 0 spiro atoms. The van der Waals surface area contributed by atoms with Crippen LogP contribution in [-0.2, 0) is 6.42 Å². The van der Waals surface area contributed by atoms with Crippen LogP contribution in [0.5, 0.6) is 5.75 Å². The van der Waals surface area contributed by atoms with E-state index in [9.17, 15) is 0 Å². The molecule has 0 radical (unpaired) electrons. The number of guanidine groups is 1. The highest BCUT2D eigenvalue weighted by Crippen LogP contribution is 2.33. The van der Waals surface area contributed by atoms with E-state index >= 15 is 0 Å². The molecular weight excluding hydrogens is 298 g/mol. The van der Waals surface area contributed by atoms with E-state index in [-0.39, 0.29) is 6.04 Å². The number of aryl methyl sites for hydroxylation is 1. The van der Waals surface area contributed by atoms with E-state index in [0.717, 1.165) is 37.1 Å². The van der Waals surface area contributed by atoms with Crippen molar-refractivity contribution >= 4 is 5.96 Å². The maximum atomic E-state index is 6.16. The van der Waals surface area contributed by atoms with Crippen molar-refractivity contribution < 1.29 is 4.74 Å². The molecule has 2 unspecified atom stereocenters. The Kier molecular flexibility index (Phi) is 4.11. The predicted octanol–water partition coefficient (Wildman–Crippen LogP) is 3.14. The van der Waals surface area contributed by atoms with Gasteiger partial charge >= 0.3 is 0 Å². The van der Waals surface area contributed by atoms with Crippen LogP contribution in [0.1, 0.15) is 41.5 Å². The Morgan fingerprint density at radius 3 is 2.79 bits per heavy atom. The number of ether oxygens (including phenoxy) is 1. The van der Waals surface area contributed by atoms with Crippen molar-refractivity contribution in [3.05, 3.63) is 65.2 Å². The van der Waals surface area contributed by atoms with Gasteiger partial charge in [0.25, 0.3) is 0 Å². The van der Waals surface area contributed by atoms with Crippen LogP contribution in [0.3, 0.4) is 0 Å². The second kappa shape index (κ2) is 6.56. The van der Waals surface area contributed by atoms with Gasteiger partial charge in [-0.3, -0.25) is 4.99 Å². The number of rotatable bonds is 3. The van der Waals surface area contributed by atoms with Gasteiger partial charge in [-0.05, 0) is 30.0 Å². The van der Waals surface area contributed by atoms with Gasteiger partial charge in [-0.15, -0.1) is 0 Å². The number of nitrogens with two attached hydrogens (primary N) is 1. The molecule has 4 nitrogen and oxygen atoms in total. The normalized spacial score (nSPS) is 22.4. The van der Waals surface area contributed by atoms with Gasteiger partial charge in [0.15, 0.2) is 5.96 Å². The molecule has 24 heavy (non-hydrogen) atoms. The Hall–Kier alpha value is -2.49. The van der Waals surface area contributed by atoms with Crippen molar-refractivity contribution in [2.24, 2.45) is 10.7 Å². The van der Waals surface area contributed by atoms with Crippen LogP contribution in [-0.4, -0.2) is 19.1 Å². The monoisotopic (exact) mass is 321 g/mol. The molecule has 1 heterocycles. The van der Waals surface area contributed by atoms with Crippen molar-refractivity contribution in [3.8, 4) is 5.75 Å². The molecule has 124 valence electrons. The number of benzene rings is 2. The number of aliphatic imine (C=N–C) groups is 1. The number of nitrogens with one attached hydrogen (secondary N) is 1. The Morgan fingerprint density at radius 1 is 1.08 bits per heavy atom. The largest absolute Gasteiger partial charge is 0.493 e. The Morgan fingerprint density at radius 2 is 1.88 bits per heavy atom. The van der Waals surface area contributed by atoms with E-state index in [1.54, 1.807) is 0 Å². The van der Waals surface area contributed by atoms with Gasteiger partial charge in [0.1, 0.15) is 5.75 Å². The molecular formula is C20H23N3O. The molecule has 2 aliphatic rings. The summed E-state index contributed by atoms with van der Waals surface area (Å²) in [5, 5.41) is 3.37. The summed E-state index contributed by atoms with van der Waals surface area (Å²) in [6.07, 6.45) is 3.22. The van der Waals surface area contributed by atoms with Crippen molar-refractivity contribution in [2.75, 3.05) is 13.2 Å². The first-order valence-electron chi connectivity index (χ1n) is 8.67. The summed E-state index contributed by atoms with van der Waals surface area (Å²) < 4.78 is 5.69. The molecule has 0 bridgehead atoms. The van der Waals surface area contributed by atoms with E-state index in [4.69, 9.17) is 10.5 Å². The number of para-hydroxylation sites is 1. The fourth-order valence-corrected chi connectivity index (χ4v) is 3.76. The summed E-state index contributed by atoms with van der Waals surface area (Å²) in [6, 6.07) is 17.0. The van der Waals surface area contributed by atoms with Crippen molar-refractivity contribution in [2.45, 2.75) is 31.2 Å². The highest BCUT2D eigenvalue weighted by atomic mass is 16.5. The van der Waals surface area contributed by atoms with Gasteiger partial charge in [0.2, 0.25) is 0 Å². The second-order valence-corrected chi connectivity index (χ2v) is 6.53. The van der Waals surface area contributed by atoms with E-state index in [1.807, 2.05) is 18.2 Å². The number of nitrogens with zero attached hydrogens (tertiary/aromatic N) is 1. The fraction of sp³-hybridized carbons (Fsp3) is 0.350. The molecule has 0 saturated heterocycles. The van der Waals surface area contributed by atoms with Crippen molar-refractivity contribution in [3.63, 3.8) is 0 Å². The maximum absolute atomic E-state index is 6.16. The lowest BCUT2D eigenvalue weighted by molar-refractivity contribution is 0.262. The average Bonchev–Trinajstić information content (AvgIpc) is 3.04. The quantitative estimate of drug-likeness (QED) is 0.674. The highest BCUT2D eigenvalue weighted by molar-refractivity contribution is 5.78. The van der Waals surface area contributed by atoms with E-state index in [2.05, 4.69) is 40.6 Å². The molecule has 0 aromatic heterocycles. The molecule has 4 heteroatoms. The van der Waals surface area contributed by atoms with E-state index in [0.29, 0.717) is 18.5 Å². The summed E-state index contributed by atoms with van der Waals surface area (Å²) in [7, 11) is 0. The molecule has 0 amide bonds. The zero-order chi connectivity index (χ0) is 16.4. The molecule has 0 saturated carbocycles. The summed E-state index contributed by atoms with van der Waals surface area (Å²) in [5.74, 6) is 1.96. The van der Waals surface area contributed by atoms with Gasteiger partial charge in [0, 0.05) is 24.4 Å². The first-order valence-corrected chi connectivity index (χ1v) is 8.67. The van der Waals surface area contributed by atoms with Crippen LogP contribution in [0.25, 0.3) is 0 Å². The third-order valence-corrected chi connectivity index (χ3v) is 5.02. The maximum Gasteiger partial charge on any atom is 0.189 e. The van der Waals surface area contributed by atoms with Gasteiger partial charge in [-0.1, -0.05) is 42.5 Å². The van der Waals surface area contributed by atoms with Crippen molar-refractivity contribution in [1.82, 2.24) is 5.32 Å². The standard InChI is InChI=1S/C20H23N3O/c21-20(22-13-15-10-9-14-5-1-2-6-16(14)15)23-18-11-12-24-19-8-4-3-7-17(18)19/h1-8,15,18H,9-13H2,(H3,21,22,23). The van der Waals surface area contributed by atoms with Gasteiger partial charge in [0.05, 0.1) is 12.6 Å². The third-order valence-electron chi connectivity index (χ3n) is 5.02. The molecule has 4 rings (SSSR count). The zero-order valence-corrected chi connectivity index (χ0v) is 13.7. The fourth-order valence-electron chi connectivity index (χ4n) is 3.76. The van der Waals surface area contributed by atoms with Gasteiger partial charge in [-0.25, -0.2) is 0 Å². The van der Waals surface area contributed by atoms with Crippen LogP contribution < -0.4 is 15.8 Å². The van der Waals surface area contributed by atoms with E-state index < -0.39 is 0 Å². The molecule has 1 aliphatic heterocycles. The minimum absolute atomic E-state index is 0.176. The first-order chi connectivity index (χ1) is 11.8. The molecule has 2 aromatic carbocycles.